The predicted molar refractivity (Wildman–Crippen MR) is 177 cm³/mol. The number of nitrogens with one attached hydrogen (secondary N) is 2. The fourth-order valence-electron chi connectivity index (χ4n) is 6.36. The second-order valence-electron chi connectivity index (χ2n) is 12.3. The molecule has 2 aliphatic carbocycles. The molecule has 13 heteroatoms. The number of hydrogen-bond acceptors (Lipinski definition) is 8. The fraction of sp³-hybridized carbons (Fsp3) is 0.353. The number of methoxy groups -OCH3 is 1. The molecule has 0 radical (unpaired) electrons. The number of rotatable bonds is 10. The summed E-state index contributed by atoms with van der Waals surface area (Å²) in [5.41, 5.74) is 4.26. The maximum Gasteiger partial charge on any atom is 0.323 e. The average molecular weight is 678 g/mol. The summed E-state index contributed by atoms with van der Waals surface area (Å²) in [5.74, 6) is 0.660. The predicted octanol–water partition coefficient (Wildman–Crippen LogP) is 5.73. The average Bonchev–Trinajstić information content (AvgIpc) is 3.57. The number of nitrogens with zero attached hydrogens (tertiary/aromatic N) is 4. The highest BCUT2D eigenvalue weighted by Gasteiger charge is 2.50. The smallest absolute Gasteiger partial charge is 0.323 e. The van der Waals surface area contributed by atoms with Gasteiger partial charge in [-0.3, -0.25) is 19.8 Å². The zero-order valence-electron chi connectivity index (χ0n) is 26.0. The summed E-state index contributed by atoms with van der Waals surface area (Å²) in [6, 6.07) is 15.1. The van der Waals surface area contributed by atoms with Crippen LogP contribution in [0.3, 0.4) is 0 Å². The van der Waals surface area contributed by atoms with Crippen molar-refractivity contribution >= 4 is 40.8 Å². The van der Waals surface area contributed by atoms with Crippen LogP contribution in [0.15, 0.2) is 48.5 Å². The van der Waals surface area contributed by atoms with Crippen LogP contribution >= 0.6 is 23.2 Å². The summed E-state index contributed by atoms with van der Waals surface area (Å²) >= 11 is 13.6. The highest BCUT2D eigenvalue weighted by Crippen LogP contribution is 2.45. The van der Waals surface area contributed by atoms with Gasteiger partial charge < -0.3 is 19.9 Å². The second-order valence-corrected chi connectivity index (χ2v) is 13.1. The first kappa shape index (κ1) is 31.4. The quantitative estimate of drug-likeness (QED) is 0.193. The van der Waals surface area contributed by atoms with E-state index in [0.717, 1.165) is 53.0 Å². The van der Waals surface area contributed by atoms with Crippen molar-refractivity contribution in [3.8, 4) is 22.6 Å². The van der Waals surface area contributed by atoms with Crippen molar-refractivity contribution in [2.75, 3.05) is 26.0 Å². The number of hydrogen-bond donors (Lipinski definition) is 3. The first-order valence-corrected chi connectivity index (χ1v) is 16.3. The summed E-state index contributed by atoms with van der Waals surface area (Å²) in [4.78, 5) is 31.3. The number of likely N-dealkylation sites (N-methyl/N-ethyl adjacent to an activating group) is 1. The molecule has 1 saturated carbocycles. The van der Waals surface area contributed by atoms with E-state index in [0.29, 0.717) is 59.7 Å². The molecule has 11 nitrogen and oxygen atoms in total. The molecule has 4 aromatic rings. The number of ether oxygens (including phenoxy) is 2. The Labute approximate surface area is 281 Å². The summed E-state index contributed by atoms with van der Waals surface area (Å²) in [5, 5.41) is 20.8. The van der Waals surface area contributed by atoms with Crippen LogP contribution < -0.4 is 20.1 Å². The first-order chi connectivity index (χ1) is 22.7. The minimum atomic E-state index is -0.875. The number of carbonyl (C=O) groups is 2. The Morgan fingerprint density at radius 3 is 2.64 bits per heavy atom. The van der Waals surface area contributed by atoms with Gasteiger partial charge in [0.05, 0.1) is 35.9 Å². The molecule has 3 N–H and O–H groups in total. The van der Waals surface area contributed by atoms with Gasteiger partial charge >= 0.3 is 5.97 Å². The number of halogens is 2. The molecule has 1 aliphatic heterocycles. The van der Waals surface area contributed by atoms with Gasteiger partial charge in [0, 0.05) is 30.3 Å². The van der Waals surface area contributed by atoms with E-state index in [2.05, 4.69) is 25.6 Å². The van der Waals surface area contributed by atoms with Gasteiger partial charge in [-0.1, -0.05) is 53.5 Å². The lowest BCUT2D eigenvalue weighted by molar-refractivity contribution is -0.140. The Morgan fingerprint density at radius 2 is 1.87 bits per heavy atom. The molecular formula is C34H34Cl2N6O5. The van der Waals surface area contributed by atoms with E-state index in [9.17, 15) is 14.7 Å². The van der Waals surface area contributed by atoms with Crippen LogP contribution in [-0.4, -0.2) is 62.9 Å². The van der Waals surface area contributed by atoms with Crippen molar-refractivity contribution in [1.82, 2.24) is 25.0 Å². The van der Waals surface area contributed by atoms with Gasteiger partial charge in [0.2, 0.25) is 5.82 Å². The van der Waals surface area contributed by atoms with Crippen LogP contribution in [0.5, 0.6) is 11.5 Å². The van der Waals surface area contributed by atoms with Gasteiger partial charge in [-0.25, -0.2) is 9.67 Å². The van der Waals surface area contributed by atoms with Crippen molar-refractivity contribution < 1.29 is 24.2 Å². The third-order valence-corrected chi connectivity index (χ3v) is 9.89. The van der Waals surface area contributed by atoms with Gasteiger partial charge in [-0.2, -0.15) is 0 Å². The lowest BCUT2D eigenvalue weighted by Gasteiger charge is -2.21. The monoisotopic (exact) mass is 676 g/mol. The topological polar surface area (TPSA) is 131 Å². The molecule has 1 fully saturated rings. The van der Waals surface area contributed by atoms with Crippen molar-refractivity contribution in [3.63, 3.8) is 0 Å². The van der Waals surface area contributed by atoms with E-state index in [-0.39, 0.29) is 11.9 Å². The number of aromatic nitrogens is 3. The third kappa shape index (κ3) is 6.04. The van der Waals surface area contributed by atoms with E-state index >= 15 is 0 Å². The van der Waals surface area contributed by atoms with Gasteiger partial charge in [-0.05, 0) is 61.6 Å². The number of aliphatic carboxylic acids is 1. The van der Waals surface area contributed by atoms with Crippen LogP contribution in [-0.2, 0) is 30.8 Å². The van der Waals surface area contributed by atoms with Crippen LogP contribution in [0.25, 0.3) is 11.1 Å². The maximum absolute atomic E-state index is 13.1. The molecule has 1 atom stereocenters. The number of amides is 1. The Kier molecular flexibility index (Phi) is 8.33. The number of anilines is 1. The second kappa shape index (κ2) is 12.5. The summed E-state index contributed by atoms with van der Waals surface area (Å²) < 4.78 is 13.9. The van der Waals surface area contributed by atoms with Crippen LogP contribution in [0, 0.1) is 0 Å². The molecule has 1 amide bonds. The Morgan fingerprint density at radius 1 is 1.09 bits per heavy atom. The van der Waals surface area contributed by atoms with Crippen LogP contribution in [0.4, 0.5) is 5.69 Å². The summed E-state index contributed by atoms with van der Waals surface area (Å²) in [6.45, 7) is 2.48. The Hall–Kier alpha value is -4.16. The van der Waals surface area contributed by atoms with E-state index in [1.807, 2.05) is 37.4 Å². The zero-order chi connectivity index (χ0) is 32.9. The van der Waals surface area contributed by atoms with E-state index in [4.69, 9.17) is 32.7 Å². The Balaban J connectivity index is 1.10. The van der Waals surface area contributed by atoms with E-state index < -0.39 is 17.4 Å². The molecule has 0 bridgehead atoms. The standard InChI is InChI=1S/C34H34Cl2N6O5/c1-41-13-14-42-29(18-41)39-31(40-42)32(43)38-25-8-4-7-23(30(25)36)20-5-3-6-22-21(20)9-10-26(22)47-28-16-27(46-2)19(15-24(28)35)17-37-34(11-12-34)33(44)45/h3-8,15-16,26,37H,9-14,17-18H2,1-2H3,(H,38,43)(H,44,45). The van der Waals surface area contributed by atoms with Crippen LogP contribution in [0.1, 0.15) is 58.5 Å². The van der Waals surface area contributed by atoms with Gasteiger partial charge in [-0.15, -0.1) is 5.10 Å². The van der Waals surface area contributed by atoms with Crippen molar-refractivity contribution in [3.05, 3.63) is 86.9 Å². The number of benzene rings is 3. The maximum atomic E-state index is 13.1. The molecule has 3 aliphatic rings. The normalized spacial score (nSPS) is 17.9. The van der Waals surface area contributed by atoms with Crippen molar-refractivity contribution in [1.29, 1.82) is 0 Å². The Bertz CT molecular complexity index is 1890. The summed E-state index contributed by atoms with van der Waals surface area (Å²) in [6.07, 6.45) is 2.42. The molecule has 1 unspecified atom stereocenters. The highest BCUT2D eigenvalue weighted by atomic mass is 35.5. The molecular weight excluding hydrogens is 643 g/mol. The third-order valence-electron chi connectivity index (χ3n) is 9.19. The number of fused-ring (bicyclic) bond motifs is 2. The minimum absolute atomic E-state index is 0.115. The molecule has 0 spiro atoms. The van der Waals surface area contributed by atoms with Gasteiger partial charge in [0.1, 0.15) is 29.0 Å². The van der Waals surface area contributed by atoms with Gasteiger partial charge in [0.15, 0.2) is 0 Å². The molecule has 0 saturated heterocycles. The van der Waals surface area contributed by atoms with Crippen molar-refractivity contribution in [2.45, 2.75) is 57.0 Å². The molecule has 7 rings (SSSR count). The molecule has 1 aromatic heterocycles. The lowest BCUT2D eigenvalue weighted by Crippen LogP contribution is -2.38. The number of carbonyl (C=O) groups excluding carboxylic acids is 1. The first-order valence-electron chi connectivity index (χ1n) is 15.5. The lowest BCUT2D eigenvalue weighted by atomic mass is 9.96. The highest BCUT2D eigenvalue weighted by molar-refractivity contribution is 6.36. The number of carboxylic acid groups (broad SMARTS) is 1. The fourth-order valence-corrected chi connectivity index (χ4v) is 6.87. The van der Waals surface area contributed by atoms with E-state index in [1.54, 1.807) is 30.0 Å². The zero-order valence-corrected chi connectivity index (χ0v) is 27.5. The van der Waals surface area contributed by atoms with Crippen LogP contribution in [0.2, 0.25) is 10.0 Å². The SMILES string of the molecule is COc1cc(OC2CCc3c(-c4cccc(NC(=O)c5nc6n(n5)CCN(C)C6)c4Cl)cccc32)c(Cl)cc1CNC1(C(=O)O)CC1. The van der Waals surface area contributed by atoms with E-state index in [1.165, 1.54) is 0 Å². The largest absolute Gasteiger partial charge is 0.496 e. The van der Waals surface area contributed by atoms with Gasteiger partial charge in [0.25, 0.3) is 5.91 Å². The van der Waals surface area contributed by atoms with Crippen molar-refractivity contribution in [2.24, 2.45) is 0 Å². The summed E-state index contributed by atoms with van der Waals surface area (Å²) in [7, 11) is 3.58. The number of carboxylic acids is 1. The molecule has 3 aromatic carbocycles. The molecule has 2 heterocycles. The minimum Gasteiger partial charge on any atom is -0.496 e. The molecule has 244 valence electrons. The molecule has 47 heavy (non-hydrogen) atoms.